The van der Waals surface area contributed by atoms with Gasteiger partial charge in [0.15, 0.2) is 0 Å². The van der Waals surface area contributed by atoms with Crippen LogP contribution >= 0.6 is 0 Å². The highest BCUT2D eigenvalue weighted by atomic mass is 16.2. The summed E-state index contributed by atoms with van der Waals surface area (Å²) < 4.78 is 0. The van der Waals surface area contributed by atoms with Gasteiger partial charge in [-0.2, -0.15) is 0 Å². The molecule has 0 bridgehead atoms. The van der Waals surface area contributed by atoms with Crippen LogP contribution in [0.4, 0.5) is 0 Å². The Bertz CT molecular complexity index is 512. The molecule has 1 saturated carbocycles. The molecule has 0 saturated heterocycles. The molecule has 2 N–H and O–H groups in total. The molecule has 1 aliphatic carbocycles. The van der Waals surface area contributed by atoms with Crippen molar-refractivity contribution in [1.29, 1.82) is 0 Å². The minimum absolute atomic E-state index is 0.0440. The molecule has 0 unspecified atom stereocenters. The van der Waals surface area contributed by atoms with E-state index in [0.29, 0.717) is 5.56 Å². The van der Waals surface area contributed by atoms with Crippen molar-refractivity contribution in [3.63, 3.8) is 0 Å². The Kier molecular flexibility index (Phi) is 5.99. The lowest BCUT2D eigenvalue weighted by Gasteiger charge is -2.16. The number of hydrogen-bond donors (Lipinski definition) is 2. The summed E-state index contributed by atoms with van der Waals surface area (Å²) in [5.74, 6) is -0.285. The second kappa shape index (κ2) is 7.97. The molecule has 0 spiro atoms. The van der Waals surface area contributed by atoms with Crippen LogP contribution < -0.4 is 10.6 Å². The van der Waals surface area contributed by atoms with Gasteiger partial charge in [-0.05, 0) is 38.8 Å². The number of aryl methyl sites for hydroxylation is 2. The summed E-state index contributed by atoms with van der Waals surface area (Å²) in [6, 6.07) is 5.97. The van der Waals surface area contributed by atoms with Crippen molar-refractivity contribution in [3.8, 4) is 0 Å². The molecule has 0 heterocycles. The van der Waals surface area contributed by atoms with Crippen LogP contribution in [0.15, 0.2) is 18.2 Å². The Hall–Kier alpha value is -1.84. The van der Waals surface area contributed by atoms with Gasteiger partial charge in [0.05, 0.1) is 6.54 Å². The average Bonchev–Trinajstić information content (AvgIpc) is 2.72. The van der Waals surface area contributed by atoms with Gasteiger partial charge in [0.2, 0.25) is 5.91 Å². The smallest absolute Gasteiger partial charge is 0.251 e. The third-order valence-electron chi connectivity index (χ3n) is 4.11. The second-order valence-electron chi connectivity index (χ2n) is 6.32. The predicted molar refractivity (Wildman–Crippen MR) is 87.9 cm³/mol. The van der Waals surface area contributed by atoms with Crippen LogP contribution in [0, 0.1) is 13.8 Å². The van der Waals surface area contributed by atoms with E-state index < -0.39 is 0 Å². The lowest BCUT2D eigenvalue weighted by molar-refractivity contribution is -0.120. The van der Waals surface area contributed by atoms with E-state index in [1.165, 1.54) is 25.7 Å². The fraction of sp³-hybridized carbons (Fsp3) is 0.556. The Morgan fingerprint density at radius 1 is 1.00 bits per heavy atom. The third kappa shape index (κ3) is 5.17. The normalized spacial score (nSPS) is 15.9. The molecule has 0 radical (unpaired) electrons. The molecule has 1 aromatic carbocycles. The molecular formula is C18H26N2O2. The predicted octanol–water partition coefficient (Wildman–Crippen LogP) is 2.87. The van der Waals surface area contributed by atoms with Crippen LogP contribution in [0.3, 0.4) is 0 Å². The number of nitrogens with one attached hydrogen (secondary N) is 2. The monoisotopic (exact) mass is 302 g/mol. The summed E-state index contributed by atoms with van der Waals surface area (Å²) in [6.45, 7) is 3.97. The van der Waals surface area contributed by atoms with Crippen LogP contribution in [0.5, 0.6) is 0 Å². The first kappa shape index (κ1) is 16.5. The van der Waals surface area contributed by atoms with E-state index in [-0.39, 0.29) is 24.4 Å². The first-order valence-electron chi connectivity index (χ1n) is 8.20. The molecule has 1 fully saturated rings. The molecule has 0 aliphatic heterocycles. The molecule has 2 amide bonds. The lowest BCUT2D eigenvalue weighted by atomic mass is 10.1. The summed E-state index contributed by atoms with van der Waals surface area (Å²) in [7, 11) is 0. The highest BCUT2D eigenvalue weighted by Gasteiger charge is 2.15. The van der Waals surface area contributed by atoms with Gasteiger partial charge in [0.25, 0.3) is 5.91 Å². The molecule has 0 atom stereocenters. The quantitative estimate of drug-likeness (QED) is 0.840. The van der Waals surface area contributed by atoms with Crippen molar-refractivity contribution < 1.29 is 9.59 Å². The van der Waals surface area contributed by atoms with E-state index in [4.69, 9.17) is 0 Å². The fourth-order valence-electron chi connectivity index (χ4n) is 3.07. The van der Waals surface area contributed by atoms with Crippen LogP contribution in [0.25, 0.3) is 0 Å². The maximum absolute atomic E-state index is 12.1. The molecule has 1 aliphatic rings. The van der Waals surface area contributed by atoms with Gasteiger partial charge in [0.1, 0.15) is 0 Å². The fourth-order valence-corrected chi connectivity index (χ4v) is 3.07. The van der Waals surface area contributed by atoms with Crippen LogP contribution in [-0.4, -0.2) is 24.4 Å². The van der Waals surface area contributed by atoms with E-state index >= 15 is 0 Å². The summed E-state index contributed by atoms with van der Waals surface area (Å²) in [4.78, 5) is 24.1. The van der Waals surface area contributed by atoms with Gasteiger partial charge in [-0.25, -0.2) is 0 Å². The first-order valence-corrected chi connectivity index (χ1v) is 8.20. The Balaban J connectivity index is 1.81. The third-order valence-corrected chi connectivity index (χ3v) is 4.11. The van der Waals surface area contributed by atoms with Crippen LogP contribution in [0.1, 0.15) is 60.0 Å². The standard InChI is InChI=1S/C18H26N2O2/c1-13-9-14(2)11-15(10-13)18(22)19-12-17(21)20-16-7-5-3-4-6-8-16/h9-11,16H,3-8,12H2,1-2H3,(H,19,22)(H,20,21). The molecule has 4 nitrogen and oxygen atoms in total. The maximum Gasteiger partial charge on any atom is 0.251 e. The number of hydrogen-bond acceptors (Lipinski definition) is 2. The van der Waals surface area contributed by atoms with Crippen molar-refractivity contribution in [1.82, 2.24) is 10.6 Å². The molecule has 2 rings (SSSR count). The Morgan fingerprint density at radius 2 is 1.59 bits per heavy atom. The summed E-state index contributed by atoms with van der Waals surface area (Å²) in [5, 5.41) is 5.74. The SMILES string of the molecule is Cc1cc(C)cc(C(=O)NCC(=O)NC2CCCCCC2)c1. The summed E-state index contributed by atoms with van der Waals surface area (Å²) in [5.41, 5.74) is 2.71. The van der Waals surface area contributed by atoms with Crippen molar-refractivity contribution in [3.05, 3.63) is 34.9 Å². The van der Waals surface area contributed by atoms with E-state index in [2.05, 4.69) is 10.6 Å². The van der Waals surface area contributed by atoms with E-state index in [1.807, 2.05) is 32.0 Å². The van der Waals surface area contributed by atoms with E-state index in [9.17, 15) is 9.59 Å². The van der Waals surface area contributed by atoms with Crippen molar-refractivity contribution in [2.45, 2.75) is 58.4 Å². The lowest BCUT2D eigenvalue weighted by Crippen LogP contribution is -2.41. The van der Waals surface area contributed by atoms with Crippen molar-refractivity contribution >= 4 is 11.8 Å². The average molecular weight is 302 g/mol. The van der Waals surface area contributed by atoms with Crippen molar-refractivity contribution in [2.24, 2.45) is 0 Å². The highest BCUT2D eigenvalue weighted by Crippen LogP contribution is 2.17. The van der Waals surface area contributed by atoms with Gasteiger partial charge in [-0.1, -0.05) is 42.9 Å². The molecule has 0 aromatic heterocycles. The van der Waals surface area contributed by atoms with Crippen LogP contribution in [0.2, 0.25) is 0 Å². The molecular weight excluding hydrogens is 276 g/mol. The van der Waals surface area contributed by atoms with Gasteiger partial charge >= 0.3 is 0 Å². The number of amides is 2. The zero-order chi connectivity index (χ0) is 15.9. The zero-order valence-corrected chi connectivity index (χ0v) is 13.6. The highest BCUT2D eigenvalue weighted by molar-refractivity contribution is 5.96. The topological polar surface area (TPSA) is 58.2 Å². The summed E-state index contributed by atoms with van der Waals surface area (Å²) in [6.07, 6.45) is 6.99. The maximum atomic E-state index is 12.1. The molecule has 22 heavy (non-hydrogen) atoms. The van der Waals surface area contributed by atoms with E-state index in [1.54, 1.807) is 0 Å². The molecule has 120 valence electrons. The number of rotatable bonds is 4. The largest absolute Gasteiger partial charge is 0.352 e. The molecule has 4 heteroatoms. The number of carbonyl (C=O) groups is 2. The first-order chi connectivity index (χ1) is 10.5. The summed E-state index contributed by atoms with van der Waals surface area (Å²) >= 11 is 0. The zero-order valence-electron chi connectivity index (χ0n) is 13.6. The van der Waals surface area contributed by atoms with Gasteiger partial charge in [-0.15, -0.1) is 0 Å². The number of benzene rings is 1. The second-order valence-corrected chi connectivity index (χ2v) is 6.32. The van der Waals surface area contributed by atoms with Gasteiger partial charge in [-0.3, -0.25) is 9.59 Å². The number of carbonyl (C=O) groups excluding carboxylic acids is 2. The van der Waals surface area contributed by atoms with Crippen molar-refractivity contribution in [2.75, 3.05) is 6.54 Å². The van der Waals surface area contributed by atoms with E-state index in [0.717, 1.165) is 24.0 Å². The Morgan fingerprint density at radius 3 is 2.18 bits per heavy atom. The minimum Gasteiger partial charge on any atom is -0.352 e. The van der Waals surface area contributed by atoms with Crippen LogP contribution in [-0.2, 0) is 4.79 Å². The Labute approximate surface area is 132 Å². The molecule has 1 aromatic rings. The van der Waals surface area contributed by atoms with Gasteiger partial charge < -0.3 is 10.6 Å². The van der Waals surface area contributed by atoms with Gasteiger partial charge in [0, 0.05) is 11.6 Å². The minimum atomic E-state index is -0.192.